The first-order valence-electron chi connectivity index (χ1n) is 4.50. The molecule has 0 saturated heterocycles. The van der Waals surface area contributed by atoms with E-state index in [1.807, 2.05) is 17.5 Å². The molecule has 2 rings (SSSR count). The van der Waals surface area contributed by atoms with Crippen molar-refractivity contribution in [1.82, 2.24) is 4.98 Å². The third kappa shape index (κ3) is 2.08. The lowest BCUT2D eigenvalue weighted by Crippen LogP contribution is -2.04. The summed E-state index contributed by atoms with van der Waals surface area (Å²) < 4.78 is 4.70. The van der Waals surface area contributed by atoms with Gasteiger partial charge in [0.2, 0.25) is 0 Å². The number of aromatic nitrogens is 1. The van der Waals surface area contributed by atoms with Gasteiger partial charge < -0.3 is 4.74 Å². The van der Waals surface area contributed by atoms with Crippen molar-refractivity contribution in [3.63, 3.8) is 0 Å². The number of esters is 1. The van der Waals surface area contributed by atoms with E-state index in [2.05, 4.69) is 4.98 Å². The molecular formula is C11H8ClNO2S. The molecule has 2 aromatic heterocycles. The monoisotopic (exact) mass is 253 g/mol. The van der Waals surface area contributed by atoms with E-state index in [9.17, 15) is 4.79 Å². The fraction of sp³-hybridized carbons (Fsp3) is 0.0909. The lowest BCUT2D eigenvalue weighted by molar-refractivity contribution is 0.0601. The van der Waals surface area contributed by atoms with Crippen LogP contribution in [0.4, 0.5) is 0 Å². The molecule has 2 aromatic rings. The van der Waals surface area contributed by atoms with Crippen molar-refractivity contribution in [2.45, 2.75) is 0 Å². The number of ether oxygens (including phenoxy) is 1. The second-order valence-corrected chi connectivity index (χ2v) is 4.40. The summed E-state index contributed by atoms with van der Waals surface area (Å²) in [6.07, 6.45) is 1.52. The molecule has 0 saturated carbocycles. The van der Waals surface area contributed by atoms with Crippen LogP contribution in [0.1, 0.15) is 10.4 Å². The normalized spacial score (nSPS) is 10.1. The fourth-order valence-electron chi connectivity index (χ4n) is 1.31. The van der Waals surface area contributed by atoms with E-state index < -0.39 is 5.97 Å². The summed E-state index contributed by atoms with van der Waals surface area (Å²) in [5.41, 5.74) is 0.990. The van der Waals surface area contributed by atoms with Crippen LogP contribution < -0.4 is 0 Å². The number of pyridine rings is 1. The third-order valence-electron chi connectivity index (χ3n) is 2.01. The number of thiophene rings is 1. The van der Waals surface area contributed by atoms with E-state index >= 15 is 0 Å². The number of halogens is 1. The van der Waals surface area contributed by atoms with Gasteiger partial charge in [-0.25, -0.2) is 4.79 Å². The number of hydrogen-bond donors (Lipinski definition) is 0. The van der Waals surface area contributed by atoms with E-state index in [1.165, 1.54) is 24.6 Å². The second-order valence-electron chi connectivity index (χ2n) is 3.02. The molecule has 0 aliphatic heterocycles. The van der Waals surface area contributed by atoms with Crippen LogP contribution in [0.15, 0.2) is 29.8 Å². The Bertz CT molecular complexity index is 511. The van der Waals surface area contributed by atoms with Gasteiger partial charge in [0, 0.05) is 6.20 Å². The van der Waals surface area contributed by atoms with Crippen molar-refractivity contribution in [3.05, 3.63) is 40.4 Å². The minimum absolute atomic E-state index is 0.387. The van der Waals surface area contributed by atoms with Crippen molar-refractivity contribution in [2.24, 2.45) is 0 Å². The van der Waals surface area contributed by atoms with Crippen LogP contribution in [-0.2, 0) is 4.74 Å². The zero-order valence-corrected chi connectivity index (χ0v) is 10.0. The van der Waals surface area contributed by atoms with Crippen LogP contribution >= 0.6 is 22.9 Å². The van der Waals surface area contributed by atoms with Crippen LogP contribution in [0.2, 0.25) is 5.02 Å². The van der Waals surface area contributed by atoms with Gasteiger partial charge in [-0.1, -0.05) is 17.7 Å². The van der Waals surface area contributed by atoms with Gasteiger partial charge in [-0.05, 0) is 17.5 Å². The molecular weight excluding hydrogens is 246 g/mol. The molecule has 0 unspecified atom stereocenters. The predicted octanol–water partition coefficient (Wildman–Crippen LogP) is 3.25. The van der Waals surface area contributed by atoms with E-state index in [0.717, 1.165) is 4.88 Å². The van der Waals surface area contributed by atoms with Crippen LogP contribution in [0, 0.1) is 0 Å². The molecule has 0 aliphatic carbocycles. The minimum atomic E-state index is -0.432. The summed E-state index contributed by atoms with van der Waals surface area (Å²) >= 11 is 7.32. The molecule has 2 heterocycles. The maximum atomic E-state index is 11.6. The molecule has 0 radical (unpaired) electrons. The lowest BCUT2D eigenvalue weighted by atomic mass is 10.1. The quantitative estimate of drug-likeness (QED) is 0.772. The van der Waals surface area contributed by atoms with Crippen molar-refractivity contribution in [2.75, 3.05) is 7.11 Å². The number of rotatable bonds is 2. The highest BCUT2D eigenvalue weighted by molar-refractivity contribution is 7.13. The van der Waals surface area contributed by atoms with Gasteiger partial charge in [-0.2, -0.15) is 0 Å². The predicted molar refractivity (Wildman–Crippen MR) is 63.9 cm³/mol. The molecule has 0 aliphatic rings. The minimum Gasteiger partial charge on any atom is -0.465 e. The van der Waals surface area contributed by atoms with E-state index in [1.54, 1.807) is 6.07 Å². The fourth-order valence-corrected chi connectivity index (χ4v) is 2.21. The summed E-state index contributed by atoms with van der Waals surface area (Å²) in [5, 5.41) is 2.34. The van der Waals surface area contributed by atoms with Gasteiger partial charge in [0.25, 0.3) is 0 Å². The standard InChI is InChI=1S/C11H8ClNO2S/c1-15-11(14)8-5-7(12)6-13-10(8)9-3-2-4-16-9/h2-6H,1H3. The van der Waals surface area contributed by atoms with Gasteiger partial charge in [0.05, 0.1) is 28.3 Å². The van der Waals surface area contributed by atoms with Crippen molar-refractivity contribution in [3.8, 4) is 10.6 Å². The van der Waals surface area contributed by atoms with Gasteiger partial charge >= 0.3 is 5.97 Å². The topological polar surface area (TPSA) is 39.2 Å². The molecule has 3 nitrogen and oxygen atoms in total. The molecule has 0 bridgehead atoms. The first-order valence-corrected chi connectivity index (χ1v) is 5.76. The van der Waals surface area contributed by atoms with Gasteiger partial charge in [-0.15, -0.1) is 11.3 Å². The molecule has 5 heteroatoms. The van der Waals surface area contributed by atoms with Gasteiger partial charge in [-0.3, -0.25) is 4.98 Å². The highest BCUT2D eigenvalue weighted by Crippen LogP contribution is 2.28. The number of carbonyl (C=O) groups is 1. The highest BCUT2D eigenvalue weighted by atomic mass is 35.5. The van der Waals surface area contributed by atoms with E-state index in [0.29, 0.717) is 16.3 Å². The second kappa shape index (κ2) is 4.63. The summed E-state index contributed by atoms with van der Waals surface area (Å²) in [6, 6.07) is 5.36. The lowest BCUT2D eigenvalue weighted by Gasteiger charge is -2.05. The Labute approximate surface area is 102 Å². The smallest absolute Gasteiger partial charge is 0.340 e. The summed E-state index contributed by atoms with van der Waals surface area (Å²) in [7, 11) is 1.33. The molecule has 0 N–H and O–H groups in total. The molecule has 0 aromatic carbocycles. The van der Waals surface area contributed by atoms with E-state index in [4.69, 9.17) is 16.3 Å². The Balaban J connectivity index is 2.57. The zero-order chi connectivity index (χ0) is 11.5. The van der Waals surface area contributed by atoms with Crippen molar-refractivity contribution < 1.29 is 9.53 Å². The largest absolute Gasteiger partial charge is 0.465 e. The number of hydrogen-bond acceptors (Lipinski definition) is 4. The van der Waals surface area contributed by atoms with Gasteiger partial charge in [0.1, 0.15) is 0 Å². The molecule has 0 fully saturated rings. The van der Waals surface area contributed by atoms with E-state index in [-0.39, 0.29) is 0 Å². The highest BCUT2D eigenvalue weighted by Gasteiger charge is 2.15. The maximum absolute atomic E-state index is 11.6. The van der Waals surface area contributed by atoms with Crippen molar-refractivity contribution >= 4 is 28.9 Å². The van der Waals surface area contributed by atoms with Gasteiger partial charge in [0.15, 0.2) is 0 Å². The van der Waals surface area contributed by atoms with Crippen molar-refractivity contribution in [1.29, 1.82) is 0 Å². The maximum Gasteiger partial charge on any atom is 0.340 e. The molecule has 82 valence electrons. The molecule has 0 atom stereocenters. The molecule has 0 amide bonds. The Kier molecular flexibility index (Phi) is 3.22. The first-order chi connectivity index (χ1) is 7.72. The van der Waals surface area contributed by atoms with Crippen LogP contribution in [0.3, 0.4) is 0 Å². The summed E-state index contributed by atoms with van der Waals surface area (Å²) in [6.45, 7) is 0. The Hall–Kier alpha value is -1.39. The summed E-state index contributed by atoms with van der Waals surface area (Å²) in [5.74, 6) is -0.432. The summed E-state index contributed by atoms with van der Waals surface area (Å²) in [4.78, 5) is 16.6. The average Bonchev–Trinajstić information content (AvgIpc) is 2.81. The Morgan fingerprint density at radius 2 is 2.38 bits per heavy atom. The van der Waals surface area contributed by atoms with Crippen LogP contribution in [0.5, 0.6) is 0 Å². The SMILES string of the molecule is COC(=O)c1cc(Cl)cnc1-c1cccs1. The first kappa shape index (κ1) is 11.1. The Morgan fingerprint density at radius 3 is 3.00 bits per heavy atom. The number of carbonyl (C=O) groups excluding carboxylic acids is 1. The van der Waals surface area contributed by atoms with Crippen LogP contribution in [0.25, 0.3) is 10.6 Å². The molecule has 0 spiro atoms. The Morgan fingerprint density at radius 1 is 1.56 bits per heavy atom. The average molecular weight is 254 g/mol. The number of nitrogens with zero attached hydrogens (tertiary/aromatic N) is 1. The zero-order valence-electron chi connectivity index (χ0n) is 8.44. The third-order valence-corrected chi connectivity index (χ3v) is 3.10. The number of methoxy groups -OCH3 is 1. The molecule has 16 heavy (non-hydrogen) atoms. The van der Waals surface area contributed by atoms with Crippen LogP contribution in [-0.4, -0.2) is 18.1 Å².